The zero-order chi connectivity index (χ0) is 15.8. The highest BCUT2D eigenvalue weighted by Gasteiger charge is 2.55. The van der Waals surface area contributed by atoms with Crippen molar-refractivity contribution in [1.82, 2.24) is 4.90 Å². The number of nitrogens with two attached hydrogens (primary N) is 1. The van der Waals surface area contributed by atoms with Crippen molar-refractivity contribution in [3.63, 3.8) is 0 Å². The molecular formula is C12H21N3O4S2. The number of carbonyl (C=O) groups is 1. The molecule has 1 saturated carbocycles. The average molecular weight is 335 g/mol. The van der Waals surface area contributed by atoms with Gasteiger partial charge in [-0.1, -0.05) is 12.1 Å². The Morgan fingerprint density at radius 2 is 2.10 bits per heavy atom. The van der Waals surface area contributed by atoms with Crippen molar-refractivity contribution in [3.05, 3.63) is 0 Å². The predicted octanol–water partition coefficient (Wildman–Crippen LogP) is 0.0952. The van der Waals surface area contributed by atoms with Crippen LogP contribution in [0.2, 0.25) is 0 Å². The largest absolute Gasteiger partial charge is 0.409 e. The van der Waals surface area contributed by atoms with Gasteiger partial charge in [-0.2, -0.15) is 11.8 Å². The minimum Gasteiger partial charge on any atom is -0.409 e. The fraction of sp³-hybridized carbons (Fsp3) is 0.833. The standard InChI is InChI=1S/C12H21N3O4S2/c1-8-5-12(6-8,10(13)14-17)11(16)15-3-4-20-7-9(15)21(2,18)19/h8-9,17H,3-7H2,1-2H3,(H2,13,14). The van der Waals surface area contributed by atoms with Crippen LogP contribution in [0.25, 0.3) is 0 Å². The molecule has 7 nitrogen and oxygen atoms in total. The summed E-state index contributed by atoms with van der Waals surface area (Å²) in [6, 6.07) is 0. The number of amides is 1. The van der Waals surface area contributed by atoms with Gasteiger partial charge in [0, 0.05) is 24.3 Å². The summed E-state index contributed by atoms with van der Waals surface area (Å²) >= 11 is 1.52. The van der Waals surface area contributed by atoms with Crippen LogP contribution in [0.5, 0.6) is 0 Å². The van der Waals surface area contributed by atoms with Crippen molar-refractivity contribution in [2.45, 2.75) is 25.1 Å². The van der Waals surface area contributed by atoms with Gasteiger partial charge in [-0.15, -0.1) is 0 Å². The Labute approximate surface area is 128 Å². The Kier molecular flexibility index (Phi) is 4.44. The number of oxime groups is 1. The lowest BCUT2D eigenvalue weighted by Crippen LogP contribution is -2.62. The maximum atomic E-state index is 12.9. The predicted molar refractivity (Wildman–Crippen MR) is 81.9 cm³/mol. The Hall–Kier alpha value is -0.960. The van der Waals surface area contributed by atoms with E-state index in [0.717, 1.165) is 6.26 Å². The van der Waals surface area contributed by atoms with Gasteiger partial charge in [0.25, 0.3) is 0 Å². The molecule has 1 amide bonds. The number of nitrogens with zero attached hydrogens (tertiary/aromatic N) is 2. The number of hydrogen-bond acceptors (Lipinski definition) is 6. The molecule has 2 aliphatic rings. The smallest absolute Gasteiger partial charge is 0.237 e. The molecule has 1 unspecified atom stereocenters. The second kappa shape index (κ2) is 5.68. The molecule has 2 fully saturated rings. The first-order chi connectivity index (χ1) is 9.72. The van der Waals surface area contributed by atoms with Crippen molar-refractivity contribution >= 4 is 33.3 Å². The molecule has 1 heterocycles. The van der Waals surface area contributed by atoms with Crippen LogP contribution in [0.3, 0.4) is 0 Å². The molecule has 0 aromatic carbocycles. The van der Waals surface area contributed by atoms with Gasteiger partial charge in [0.15, 0.2) is 15.7 Å². The van der Waals surface area contributed by atoms with Crippen molar-refractivity contribution < 1.29 is 18.4 Å². The van der Waals surface area contributed by atoms with Crippen molar-refractivity contribution in [2.75, 3.05) is 24.3 Å². The lowest BCUT2D eigenvalue weighted by molar-refractivity contribution is -0.144. The van der Waals surface area contributed by atoms with Crippen LogP contribution in [0, 0.1) is 11.3 Å². The molecule has 0 radical (unpaired) electrons. The van der Waals surface area contributed by atoms with Crippen LogP contribution >= 0.6 is 11.8 Å². The third-order valence-electron chi connectivity index (χ3n) is 4.24. The van der Waals surface area contributed by atoms with E-state index in [0.29, 0.717) is 36.8 Å². The lowest BCUT2D eigenvalue weighted by Gasteiger charge is -2.48. The van der Waals surface area contributed by atoms with E-state index < -0.39 is 20.6 Å². The molecule has 1 aliphatic heterocycles. The zero-order valence-corrected chi connectivity index (χ0v) is 13.8. The lowest BCUT2D eigenvalue weighted by atomic mass is 9.61. The Bertz CT molecular complexity index is 555. The van der Waals surface area contributed by atoms with Crippen molar-refractivity contribution in [3.8, 4) is 0 Å². The molecule has 0 spiro atoms. The first-order valence-electron chi connectivity index (χ1n) is 6.78. The van der Waals surface area contributed by atoms with Gasteiger partial charge in [-0.05, 0) is 18.8 Å². The molecule has 1 atom stereocenters. The van der Waals surface area contributed by atoms with E-state index in [4.69, 9.17) is 10.9 Å². The number of sulfone groups is 1. The van der Waals surface area contributed by atoms with Gasteiger partial charge in [0.2, 0.25) is 5.91 Å². The molecule has 3 N–H and O–H groups in total. The van der Waals surface area contributed by atoms with Crippen LogP contribution in [-0.4, -0.2) is 59.9 Å². The van der Waals surface area contributed by atoms with E-state index in [1.54, 1.807) is 0 Å². The average Bonchev–Trinajstić information content (AvgIpc) is 2.41. The summed E-state index contributed by atoms with van der Waals surface area (Å²) in [4.78, 5) is 14.3. The van der Waals surface area contributed by atoms with E-state index >= 15 is 0 Å². The summed E-state index contributed by atoms with van der Waals surface area (Å²) in [7, 11) is -3.37. The number of carbonyl (C=O) groups excluding carboxylic acids is 1. The number of hydrogen-bond donors (Lipinski definition) is 2. The Morgan fingerprint density at radius 1 is 1.48 bits per heavy atom. The maximum Gasteiger partial charge on any atom is 0.237 e. The monoisotopic (exact) mass is 335 g/mol. The van der Waals surface area contributed by atoms with Gasteiger partial charge in [0.05, 0.1) is 0 Å². The first kappa shape index (κ1) is 16.4. The maximum absolute atomic E-state index is 12.9. The van der Waals surface area contributed by atoms with Crippen molar-refractivity contribution in [2.24, 2.45) is 22.2 Å². The fourth-order valence-electron chi connectivity index (χ4n) is 3.16. The zero-order valence-electron chi connectivity index (χ0n) is 12.2. The minimum absolute atomic E-state index is 0.115. The third-order valence-corrected chi connectivity index (χ3v) is 6.88. The number of thioether (sulfide) groups is 1. The molecule has 1 aliphatic carbocycles. The van der Waals surface area contributed by atoms with Crippen molar-refractivity contribution in [1.29, 1.82) is 0 Å². The molecule has 2 rings (SSSR count). The minimum atomic E-state index is -3.37. The highest BCUT2D eigenvalue weighted by atomic mass is 32.2. The summed E-state index contributed by atoms with van der Waals surface area (Å²) < 4.78 is 23.8. The molecule has 0 aromatic heterocycles. The third kappa shape index (κ3) is 2.85. The summed E-state index contributed by atoms with van der Waals surface area (Å²) in [6.07, 6.45) is 2.12. The van der Waals surface area contributed by atoms with Crippen LogP contribution < -0.4 is 5.73 Å². The van der Waals surface area contributed by atoms with E-state index in [1.807, 2.05) is 6.92 Å². The van der Waals surface area contributed by atoms with Gasteiger partial charge >= 0.3 is 0 Å². The quantitative estimate of drug-likeness (QED) is 0.327. The fourth-order valence-corrected chi connectivity index (χ4v) is 5.98. The summed E-state index contributed by atoms with van der Waals surface area (Å²) in [5.74, 6) is 0.916. The molecule has 1 saturated heterocycles. The topological polar surface area (TPSA) is 113 Å². The molecule has 9 heteroatoms. The summed E-state index contributed by atoms with van der Waals surface area (Å²) in [6.45, 7) is 2.35. The Balaban J connectivity index is 2.32. The van der Waals surface area contributed by atoms with Gasteiger partial charge in [-0.3, -0.25) is 4.79 Å². The highest BCUT2D eigenvalue weighted by Crippen LogP contribution is 2.47. The Morgan fingerprint density at radius 3 is 2.57 bits per heavy atom. The number of amidine groups is 1. The highest BCUT2D eigenvalue weighted by molar-refractivity contribution is 8.00. The van der Waals surface area contributed by atoms with Gasteiger partial charge < -0.3 is 15.8 Å². The van der Waals surface area contributed by atoms with E-state index in [-0.39, 0.29) is 11.7 Å². The molecule has 0 aromatic rings. The number of rotatable bonds is 3. The first-order valence-corrected chi connectivity index (χ1v) is 9.89. The SMILES string of the molecule is CC1CC(C(=O)N2CCSCC2S(C)(=O)=O)(C(N)=NO)C1. The molecule has 120 valence electrons. The van der Waals surface area contributed by atoms with Crippen LogP contribution in [0.4, 0.5) is 0 Å². The molecular weight excluding hydrogens is 314 g/mol. The second-order valence-electron chi connectivity index (χ2n) is 5.94. The van der Waals surface area contributed by atoms with Crippen LogP contribution in [0.15, 0.2) is 5.16 Å². The van der Waals surface area contributed by atoms with Gasteiger partial charge in [-0.25, -0.2) is 8.42 Å². The summed E-state index contributed by atoms with van der Waals surface area (Å²) in [5, 5.41) is 11.1. The molecule has 0 bridgehead atoms. The van der Waals surface area contributed by atoms with Crippen LogP contribution in [-0.2, 0) is 14.6 Å². The van der Waals surface area contributed by atoms with E-state index in [2.05, 4.69) is 5.16 Å². The molecule has 21 heavy (non-hydrogen) atoms. The van der Waals surface area contributed by atoms with Crippen LogP contribution in [0.1, 0.15) is 19.8 Å². The van der Waals surface area contributed by atoms with E-state index in [9.17, 15) is 13.2 Å². The summed E-state index contributed by atoms with van der Waals surface area (Å²) in [5.41, 5.74) is 4.69. The normalized spacial score (nSPS) is 34.4. The van der Waals surface area contributed by atoms with Gasteiger partial charge in [0.1, 0.15) is 10.8 Å². The second-order valence-corrected chi connectivity index (χ2v) is 9.29. The van der Waals surface area contributed by atoms with E-state index in [1.165, 1.54) is 16.7 Å².